The molecule has 0 bridgehead atoms. The SMILES string of the molecule is CCCNC(C)c1ccc(SCc2nnn(C)n2)cc1. The number of benzene rings is 1. The number of hydrogen-bond donors (Lipinski definition) is 1. The average Bonchev–Trinajstić information content (AvgIpc) is 2.89. The van der Waals surface area contributed by atoms with Crippen LogP contribution in [0, 0.1) is 0 Å². The van der Waals surface area contributed by atoms with E-state index in [4.69, 9.17) is 0 Å². The third kappa shape index (κ3) is 4.31. The predicted molar refractivity (Wildman–Crippen MR) is 81.5 cm³/mol. The third-order valence-corrected chi connectivity index (χ3v) is 4.01. The smallest absolute Gasteiger partial charge is 0.184 e. The van der Waals surface area contributed by atoms with Crippen LogP contribution in [0.2, 0.25) is 0 Å². The summed E-state index contributed by atoms with van der Waals surface area (Å²) in [5.74, 6) is 1.51. The van der Waals surface area contributed by atoms with Crippen molar-refractivity contribution < 1.29 is 0 Å². The van der Waals surface area contributed by atoms with Gasteiger partial charge in [0.25, 0.3) is 0 Å². The molecule has 1 aromatic heterocycles. The number of tetrazole rings is 1. The minimum atomic E-state index is 0.399. The van der Waals surface area contributed by atoms with Gasteiger partial charge in [-0.1, -0.05) is 19.1 Å². The highest BCUT2D eigenvalue weighted by Crippen LogP contribution is 2.23. The first-order valence-corrected chi connectivity index (χ1v) is 7.86. The maximum Gasteiger partial charge on any atom is 0.184 e. The summed E-state index contributed by atoms with van der Waals surface area (Å²) in [6, 6.07) is 9.07. The van der Waals surface area contributed by atoms with Crippen molar-refractivity contribution in [2.45, 2.75) is 37.0 Å². The second-order valence-electron chi connectivity index (χ2n) is 4.73. The number of nitrogens with one attached hydrogen (secondary N) is 1. The monoisotopic (exact) mass is 291 g/mol. The first-order chi connectivity index (χ1) is 9.69. The highest BCUT2D eigenvalue weighted by atomic mass is 32.2. The lowest BCUT2D eigenvalue weighted by Gasteiger charge is -2.13. The number of nitrogens with zero attached hydrogens (tertiary/aromatic N) is 4. The molecule has 0 spiro atoms. The minimum absolute atomic E-state index is 0.399. The van der Waals surface area contributed by atoms with Gasteiger partial charge in [-0.15, -0.1) is 22.0 Å². The van der Waals surface area contributed by atoms with E-state index in [2.05, 4.69) is 58.8 Å². The minimum Gasteiger partial charge on any atom is -0.310 e. The Labute approximate surface area is 124 Å². The number of hydrogen-bond acceptors (Lipinski definition) is 5. The molecule has 108 valence electrons. The third-order valence-electron chi connectivity index (χ3n) is 3.00. The number of aromatic nitrogens is 4. The fourth-order valence-electron chi connectivity index (χ4n) is 1.86. The molecule has 0 aliphatic carbocycles. The van der Waals surface area contributed by atoms with Crippen molar-refractivity contribution in [3.05, 3.63) is 35.7 Å². The zero-order valence-corrected chi connectivity index (χ0v) is 13.0. The molecule has 0 aliphatic heterocycles. The Hall–Kier alpha value is -1.40. The van der Waals surface area contributed by atoms with Crippen molar-refractivity contribution in [3.8, 4) is 0 Å². The standard InChI is InChI=1S/C14H21N5S/c1-4-9-15-11(2)12-5-7-13(8-6-12)20-10-14-16-18-19(3)17-14/h5-8,11,15H,4,9-10H2,1-3H3. The van der Waals surface area contributed by atoms with E-state index in [0.29, 0.717) is 6.04 Å². The maximum absolute atomic E-state index is 4.17. The van der Waals surface area contributed by atoms with Crippen molar-refractivity contribution in [2.24, 2.45) is 7.05 Å². The summed E-state index contributed by atoms with van der Waals surface area (Å²) in [6.07, 6.45) is 1.16. The molecule has 0 fully saturated rings. The Morgan fingerprint density at radius 2 is 2.05 bits per heavy atom. The summed E-state index contributed by atoms with van der Waals surface area (Å²) in [7, 11) is 1.78. The molecule has 0 saturated heterocycles. The lowest BCUT2D eigenvalue weighted by molar-refractivity contribution is 0.570. The molecule has 1 N–H and O–H groups in total. The number of thioether (sulfide) groups is 1. The Kier molecular flexibility index (Phi) is 5.55. The van der Waals surface area contributed by atoms with Crippen molar-refractivity contribution in [3.63, 3.8) is 0 Å². The molecule has 1 atom stereocenters. The molecule has 5 nitrogen and oxygen atoms in total. The van der Waals surface area contributed by atoms with Crippen LogP contribution < -0.4 is 5.32 Å². The van der Waals surface area contributed by atoms with Gasteiger partial charge in [0.05, 0.1) is 12.8 Å². The van der Waals surface area contributed by atoms with Crippen LogP contribution in [-0.4, -0.2) is 26.8 Å². The van der Waals surface area contributed by atoms with Crippen LogP contribution in [0.3, 0.4) is 0 Å². The van der Waals surface area contributed by atoms with Crippen LogP contribution in [0.4, 0.5) is 0 Å². The van der Waals surface area contributed by atoms with E-state index >= 15 is 0 Å². The first kappa shape index (κ1) is 15.0. The molecule has 6 heteroatoms. The zero-order valence-electron chi connectivity index (χ0n) is 12.2. The van der Waals surface area contributed by atoms with Gasteiger partial charge in [0.1, 0.15) is 0 Å². The van der Waals surface area contributed by atoms with Crippen LogP contribution in [0.1, 0.15) is 37.7 Å². The molecule has 20 heavy (non-hydrogen) atoms. The second kappa shape index (κ2) is 7.40. The Morgan fingerprint density at radius 1 is 1.30 bits per heavy atom. The van der Waals surface area contributed by atoms with Crippen molar-refractivity contribution in [1.82, 2.24) is 25.5 Å². The molecule has 2 rings (SSSR count). The summed E-state index contributed by atoms with van der Waals surface area (Å²) < 4.78 is 0. The number of rotatable bonds is 7. The van der Waals surface area contributed by atoms with Crippen molar-refractivity contribution in [2.75, 3.05) is 6.54 Å². The summed E-state index contributed by atoms with van der Waals surface area (Å²) in [5, 5.41) is 15.5. The van der Waals surface area contributed by atoms with E-state index in [-0.39, 0.29) is 0 Å². The second-order valence-corrected chi connectivity index (χ2v) is 5.78. The van der Waals surface area contributed by atoms with E-state index < -0.39 is 0 Å². The van der Waals surface area contributed by atoms with Crippen LogP contribution in [0.5, 0.6) is 0 Å². The first-order valence-electron chi connectivity index (χ1n) is 6.88. The predicted octanol–water partition coefficient (Wildman–Crippen LogP) is 2.56. The van der Waals surface area contributed by atoms with E-state index in [9.17, 15) is 0 Å². The molecule has 1 aromatic carbocycles. The maximum atomic E-state index is 4.17. The van der Waals surface area contributed by atoms with Gasteiger partial charge in [0.2, 0.25) is 0 Å². The van der Waals surface area contributed by atoms with Gasteiger partial charge in [-0.2, -0.15) is 4.80 Å². The van der Waals surface area contributed by atoms with Crippen LogP contribution >= 0.6 is 11.8 Å². The molecule has 2 aromatic rings. The lowest BCUT2D eigenvalue weighted by Crippen LogP contribution is -2.19. The molecule has 0 aliphatic rings. The zero-order chi connectivity index (χ0) is 14.4. The lowest BCUT2D eigenvalue weighted by atomic mass is 10.1. The number of aryl methyl sites for hydroxylation is 1. The van der Waals surface area contributed by atoms with E-state index in [1.165, 1.54) is 15.3 Å². The van der Waals surface area contributed by atoms with Gasteiger partial charge in [-0.3, -0.25) is 0 Å². The van der Waals surface area contributed by atoms with E-state index in [1.54, 1.807) is 18.8 Å². The topological polar surface area (TPSA) is 55.6 Å². The van der Waals surface area contributed by atoms with Gasteiger partial charge < -0.3 is 5.32 Å². The summed E-state index contributed by atoms with van der Waals surface area (Å²) in [5.41, 5.74) is 1.32. The summed E-state index contributed by atoms with van der Waals surface area (Å²) >= 11 is 1.73. The average molecular weight is 291 g/mol. The molecule has 1 heterocycles. The molecular formula is C14H21N5S. The summed E-state index contributed by atoms with van der Waals surface area (Å²) in [4.78, 5) is 2.71. The highest BCUT2D eigenvalue weighted by molar-refractivity contribution is 7.98. The van der Waals surface area contributed by atoms with Crippen LogP contribution in [0.15, 0.2) is 29.2 Å². The van der Waals surface area contributed by atoms with Gasteiger partial charge in [-0.25, -0.2) is 0 Å². The van der Waals surface area contributed by atoms with Gasteiger partial charge in [-0.05, 0) is 42.8 Å². The fraction of sp³-hybridized carbons (Fsp3) is 0.500. The quantitative estimate of drug-likeness (QED) is 0.795. The molecule has 0 amide bonds. The fourth-order valence-corrected chi connectivity index (χ4v) is 2.60. The van der Waals surface area contributed by atoms with Gasteiger partial charge >= 0.3 is 0 Å². The van der Waals surface area contributed by atoms with Gasteiger partial charge in [0, 0.05) is 10.9 Å². The Balaban J connectivity index is 1.87. The highest BCUT2D eigenvalue weighted by Gasteiger charge is 2.05. The van der Waals surface area contributed by atoms with Crippen LogP contribution in [-0.2, 0) is 12.8 Å². The molecule has 1 unspecified atom stereocenters. The molecule has 0 saturated carbocycles. The van der Waals surface area contributed by atoms with E-state index in [1.807, 2.05) is 0 Å². The Bertz CT molecular complexity index is 523. The normalized spacial score (nSPS) is 12.6. The Morgan fingerprint density at radius 3 is 2.65 bits per heavy atom. The van der Waals surface area contributed by atoms with Crippen molar-refractivity contribution in [1.29, 1.82) is 0 Å². The van der Waals surface area contributed by atoms with Gasteiger partial charge in [0.15, 0.2) is 5.82 Å². The van der Waals surface area contributed by atoms with Crippen LogP contribution in [0.25, 0.3) is 0 Å². The summed E-state index contributed by atoms with van der Waals surface area (Å²) in [6.45, 7) is 5.43. The van der Waals surface area contributed by atoms with E-state index in [0.717, 1.165) is 24.5 Å². The molecule has 0 radical (unpaired) electrons. The molecular weight excluding hydrogens is 270 g/mol. The largest absolute Gasteiger partial charge is 0.310 e. The van der Waals surface area contributed by atoms with Crippen molar-refractivity contribution >= 4 is 11.8 Å².